The molecule has 12 heteroatoms. The molecule has 1 N–H and O–H groups in total. The van der Waals surface area contributed by atoms with E-state index in [1.54, 1.807) is 6.92 Å². The summed E-state index contributed by atoms with van der Waals surface area (Å²) in [6.45, 7) is 3.10. The summed E-state index contributed by atoms with van der Waals surface area (Å²) in [5.74, 6) is -1.57. The number of hydrogen-bond acceptors (Lipinski definition) is 6. The van der Waals surface area contributed by atoms with Crippen LogP contribution in [0.1, 0.15) is 36.4 Å². The average Bonchev–Trinajstić information content (AvgIpc) is 2.82. The van der Waals surface area contributed by atoms with E-state index in [1.807, 2.05) is 0 Å². The Morgan fingerprint density at radius 3 is 2.47 bits per heavy atom. The number of aromatic nitrogens is 4. The maximum absolute atomic E-state index is 13.9. The van der Waals surface area contributed by atoms with Crippen LogP contribution in [0.2, 0.25) is 5.02 Å². The molecule has 0 aliphatic carbocycles. The van der Waals surface area contributed by atoms with Crippen LogP contribution >= 0.6 is 11.6 Å². The van der Waals surface area contributed by atoms with Crippen molar-refractivity contribution in [1.29, 1.82) is 0 Å². The first kappa shape index (κ1) is 27.1. The van der Waals surface area contributed by atoms with Crippen LogP contribution in [0.25, 0.3) is 11.5 Å². The highest BCUT2D eigenvalue weighted by molar-refractivity contribution is 6.31. The van der Waals surface area contributed by atoms with Crippen LogP contribution in [-0.4, -0.2) is 24.2 Å². The van der Waals surface area contributed by atoms with Gasteiger partial charge in [0, 0.05) is 47.9 Å². The molecule has 0 spiro atoms. The highest BCUT2D eigenvalue weighted by atomic mass is 35.5. The second-order valence-corrected chi connectivity index (χ2v) is 9.36. The Bertz CT molecular complexity index is 1650. The van der Waals surface area contributed by atoms with E-state index in [1.165, 1.54) is 49.0 Å². The summed E-state index contributed by atoms with van der Waals surface area (Å²) >= 11 is 6.14. The molecule has 0 radical (unpaired) electrons. The van der Waals surface area contributed by atoms with Crippen molar-refractivity contribution in [3.63, 3.8) is 0 Å². The lowest BCUT2D eigenvalue weighted by Gasteiger charge is -2.20. The van der Waals surface area contributed by atoms with Crippen LogP contribution in [0.3, 0.4) is 0 Å². The maximum Gasteiger partial charge on any atom is 0.263 e. The fourth-order valence-electron chi connectivity index (χ4n) is 3.92. The van der Waals surface area contributed by atoms with Gasteiger partial charge in [0.25, 0.3) is 11.1 Å². The van der Waals surface area contributed by atoms with Crippen LogP contribution in [0.4, 0.5) is 13.2 Å². The third-order valence-corrected chi connectivity index (χ3v) is 6.00. The van der Waals surface area contributed by atoms with E-state index < -0.39 is 35.0 Å². The number of aryl methyl sites for hydroxylation is 1. The fourth-order valence-corrected chi connectivity index (χ4v) is 4.29. The average molecular weight is 547 g/mol. The zero-order valence-electron chi connectivity index (χ0n) is 20.5. The van der Waals surface area contributed by atoms with Gasteiger partial charge in [-0.05, 0) is 26.8 Å². The molecule has 0 bridgehead atoms. The molecule has 0 saturated carbocycles. The molecule has 198 valence electrons. The molecule has 0 aliphatic rings. The Morgan fingerprint density at radius 2 is 1.84 bits per heavy atom. The van der Waals surface area contributed by atoms with E-state index in [2.05, 4.69) is 9.97 Å². The van der Waals surface area contributed by atoms with Crippen molar-refractivity contribution in [3.8, 4) is 17.3 Å². The quantitative estimate of drug-likeness (QED) is 0.371. The van der Waals surface area contributed by atoms with E-state index >= 15 is 0 Å². The normalized spacial score (nSPS) is 11.6. The van der Waals surface area contributed by atoms with Gasteiger partial charge >= 0.3 is 0 Å². The summed E-state index contributed by atoms with van der Waals surface area (Å²) in [6.07, 6.45) is 3.41. The lowest BCUT2D eigenvalue weighted by molar-refractivity contribution is 0.0769. The molecule has 38 heavy (non-hydrogen) atoms. The first-order valence-electron chi connectivity index (χ1n) is 11.3. The third kappa shape index (κ3) is 5.34. The number of aliphatic hydroxyl groups is 1. The summed E-state index contributed by atoms with van der Waals surface area (Å²) in [4.78, 5) is 34.0. The van der Waals surface area contributed by atoms with Crippen LogP contribution < -0.4 is 15.9 Å². The molecule has 0 amide bonds. The van der Waals surface area contributed by atoms with Crippen molar-refractivity contribution < 1.29 is 23.0 Å². The molecule has 0 atom stereocenters. The van der Waals surface area contributed by atoms with Gasteiger partial charge in [0.05, 0.1) is 28.1 Å². The van der Waals surface area contributed by atoms with Gasteiger partial charge in [-0.2, -0.15) is 0 Å². The van der Waals surface area contributed by atoms with E-state index in [9.17, 15) is 27.9 Å². The minimum Gasteiger partial charge on any atom is -0.487 e. The SMILES string of the molecule is Cc1cc(OCc2ncc(F)cc2F)cc(=O)n1-c1cc(-n2ccc(Cl)c(C(C)(C)O)c2=O)ncc1CF. The Labute approximate surface area is 219 Å². The summed E-state index contributed by atoms with van der Waals surface area (Å²) in [7, 11) is 0. The molecule has 0 unspecified atom stereocenters. The summed E-state index contributed by atoms with van der Waals surface area (Å²) in [5.41, 5.74) is -2.43. The van der Waals surface area contributed by atoms with Crippen molar-refractivity contribution >= 4 is 11.6 Å². The van der Waals surface area contributed by atoms with Crippen molar-refractivity contribution in [2.24, 2.45) is 0 Å². The predicted octanol–water partition coefficient (Wildman–Crippen LogP) is 4.29. The summed E-state index contributed by atoms with van der Waals surface area (Å²) in [6, 6.07) is 6.06. The van der Waals surface area contributed by atoms with Gasteiger partial charge in [0.2, 0.25) is 0 Å². The van der Waals surface area contributed by atoms with Crippen LogP contribution in [-0.2, 0) is 18.9 Å². The van der Waals surface area contributed by atoms with E-state index in [-0.39, 0.29) is 45.7 Å². The molecule has 0 aromatic carbocycles. The van der Waals surface area contributed by atoms with Gasteiger partial charge in [-0.1, -0.05) is 11.6 Å². The van der Waals surface area contributed by atoms with E-state index in [4.69, 9.17) is 16.3 Å². The van der Waals surface area contributed by atoms with Crippen molar-refractivity contribution in [1.82, 2.24) is 19.1 Å². The zero-order valence-corrected chi connectivity index (χ0v) is 21.3. The Kier molecular flexibility index (Phi) is 7.43. The number of pyridine rings is 4. The summed E-state index contributed by atoms with van der Waals surface area (Å²) in [5, 5.41) is 10.5. The van der Waals surface area contributed by atoms with Crippen LogP contribution in [0.5, 0.6) is 5.75 Å². The Hall–Kier alpha value is -3.96. The van der Waals surface area contributed by atoms with E-state index in [0.717, 1.165) is 16.8 Å². The van der Waals surface area contributed by atoms with Gasteiger partial charge < -0.3 is 9.84 Å². The van der Waals surface area contributed by atoms with Crippen LogP contribution in [0, 0.1) is 18.6 Å². The van der Waals surface area contributed by atoms with Gasteiger partial charge in [-0.3, -0.25) is 23.7 Å². The van der Waals surface area contributed by atoms with Gasteiger partial charge in [0.1, 0.15) is 36.4 Å². The molecular formula is C26H22ClF3N4O4. The Balaban J connectivity index is 1.76. The Morgan fingerprint density at radius 1 is 1.11 bits per heavy atom. The van der Waals surface area contributed by atoms with Gasteiger partial charge in [0.15, 0.2) is 5.82 Å². The molecule has 0 fully saturated rings. The number of alkyl halides is 1. The number of ether oxygens (including phenoxy) is 1. The largest absolute Gasteiger partial charge is 0.487 e. The lowest BCUT2D eigenvalue weighted by atomic mass is 10.00. The highest BCUT2D eigenvalue weighted by Crippen LogP contribution is 2.26. The minimum atomic E-state index is -1.55. The molecule has 4 aromatic heterocycles. The first-order chi connectivity index (χ1) is 17.9. The first-order valence-corrected chi connectivity index (χ1v) is 11.6. The standard InChI is InChI=1S/C26H22ClF3N4O4/c1-14-6-17(38-13-20-19(30)7-16(29)12-31-20)8-23(35)34(14)21-9-22(32-11-15(21)10-28)33-5-4-18(27)24(25(33)36)26(2,3)37/h4-9,11-12,37H,10,13H2,1-3H3. The van der Waals surface area contributed by atoms with Gasteiger partial charge in [-0.25, -0.2) is 18.2 Å². The molecule has 4 rings (SSSR count). The predicted molar refractivity (Wildman–Crippen MR) is 134 cm³/mol. The molecular weight excluding hydrogens is 525 g/mol. The third-order valence-electron chi connectivity index (χ3n) is 5.68. The number of halogens is 4. The molecule has 0 aliphatic heterocycles. The van der Waals surface area contributed by atoms with Gasteiger partial charge in [-0.15, -0.1) is 0 Å². The minimum absolute atomic E-state index is 0.0542. The molecule has 0 saturated heterocycles. The highest BCUT2D eigenvalue weighted by Gasteiger charge is 2.25. The smallest absolute Gasteiger partial charge is 0.263 e. The number of hydrogen-bond donors (Lipinski definition) is 1. The molecule has 4 heterocycles. The van der Waals surface area contributed by atoms with Crippen LogP contribution in [0.15, 0.2) is 58.5 Å². The topological polar surface area (TPSA) is 99.2 Å². The number of rotatable bonds is 7. The molecule has 4 aromatic rings. The second-order valence-electron chi connectivity index (χ2n) is 8.95. The maximum atomic E-state index is 13.9. The molecule has 8 nitrogen and oxygen atoms in total. The second kappa shape index (κ2) is 10.4. The summed E-state index contributed by atoms with van der Waals surface area (Å²) < 4.78 is 48.7. The fraction of sp³-hybridized carbons (Fsp3) is 0.231. The van der Waals surface area contributed by atoms with Crippen molar-refractivity contribution in [2.45, 2.75) is 39.7 Å². The zero-order chi connectivity index (χ0) is 27.8. The van der Waals surface area contributed by atoms with Crippen molar-refractivity contribution in [3.05, 3.63) is 109 Å². The monoisotopic (exact) mass is 546 g/mol. The van der Waals surface area contributed by atoms with E-state index in [0.29, 0.717) is 11.8 Å². The van der Waals surface area contributed by atoms with Crippen molar-refractivity contribution in [2.75, 3.05) is 0 Å². The number of nitrogens with zero attached hydrogens (tertiary/aromatic N) is 4. The lowest BCUT2D eigenvalue weighted by Crippen LogP contribution is -2.32.